The maximum atomic E-state index is 12.5. The summed E-state index contributed by atoms with van der Waals surface area (Å²) in [6.07, 6.45) is 0. The molecule has 134 valence electrons. The van der Waals surface area contributed by atoms with Crippen LogP contribution in [-0.2, 0) is 7.05 Å². The summed E-state index contributed by atoms with van der Waals surface area (Å²) in [6.45, 7) is 0. The fraction of sp³-hybridized carbons (Fsp3) is 0.118. The third kappa shape index (κ3) is 3.63. The molecule has 0 aliphatic rings. The Labute approximate surface area is 161 Å². The normalized spacial score (nSPS) is 10.6. The highest BCUT2D eigenvalue weighted by Gasteiger charge is 2.17. The van der Waals surface area contributed by atoms with Gasteiger partial charge in [-0.15, -0.1) is 11.3 Å². The summed E-state index contributed by atoms with van der Waals surface area (Å²) >= 11 is 4.97. The molecule has 3 aromatic rings. The lowest BCUT2D eigenvalue weighted by atomic mass is 10.1. The van der Waals surface area contributed by atoms with Crippen LogP contribution in [0.3, 0.4) is 0 Å². The first-order valence-electron chi connectivity index (χ1n) is 7.40. The second kappa shape index (κ2) is 7.30. The Bertz CT molecular complexity index is 996. The molecule has 0 spiro atoms. The average molecular weight is 436 g/mol. The minimum absolute atomic E-state index is 0.0784. The molecular formula is C17H14BrN3O4S. The van der Waals surface area contributed by atoms with Gasteiger partial charge < -0.3 is 15.2 Å². The van der Waals surface area contributed by atoms with Crippen molar-refractivity contribution in [1.82, 2.24) is 9.78 Å². The molecule has 0 atom stereocenters. The van der Waals surface area contributed by atoms with Crippen molar-refractivity contribution in [1.29, 1.82) is 0 Å². The molecule has 0 fully saturated rings. The number of halogens is 1. The fourth-order valence-electron chi connectivity index (χ4n) is 2.41. The van der Waals surface area contributed by atoms with E-state index in [0.717, 1.165) is 15.0 Å². The molecule has 0 saturated carbocycles. The first-order chi connectivity index (χ1) is 12.4. The molecule has 7 nitrogen and oxygen atoms in total. The molecule has 26 heavy (non-hydrogen) atoms. The van der Waals surface area contributed by atoms with E-state index in [2.05, 4.69) is 26.3 Å². The Kier molecular flexibility index (Phi) is 5.10. The van der Waals surface area contributed by atoms with Crippen LogP contribution in [0.15, 0.2) is 40.2 Å². The number of nitrogens with one attached hydrogen (secondary N) is 1. The molecule has 3 rings (SSSR count). The summed E-state index contributed by atoms with van der Waals surface area (Å²) in [4.78, 5) is 24.7. The van der Waals surface area contributed by atoms with Crippen molar-refractivity contribution in [2.45, 2.75) is 0 Å². The molecule has 0 saturated heterocycles. The van der Waals surface area contributed by atoms with Crippen molar-refractivity contribution in [3.05, 3.63) is 51.3 Å². The maximum absolute atomic E-state index is 12.5. The molecule has 2 aromatic heterocycles. The number of carboxylic acid groups (broad SMARTS) is 1. The third-order valence-electron chi connectivity index (χ3n) is 3.63. The van der Waals surface area contributed by atoms with Gasteiger partial charge >= 0.3 is 5.97 Å². The van der Waals surface area contributed by atoms with E-state index >= 15 is 0 Å². The number of amides is 1. The van der Waals surface area contributed by atoms with Crippen molar-refractivity contribution in [3.63, 3.8) is 0 Å². The number of anilines is 1. The number of thiophene rings is 1. The number of hydrogen-bond acceptors (Lipinski definition) is 5. The predicted molar refractivity (Wildman–Crippen MR) is 102 cm³/mol. The monoisotopic (exact) mass is 435 g/mol. The van der Waals surface area contributed by atoms with Crippen molar-refractivity contribution in [2.24, 2.45) is 7.05 Å². The number of rotatable bonds is 5. The zero-order chi connectivity index (χ0) is 18.8. The van der Waals surface area contributed by atoms with Crippen LogP contribution in [-0.4, -0.2) is 33.9 Å². The van der Waals surface area contributed by atoms with Gasteiger partial charge in [0.2, 0.25) is 0 Å². The molecule has 0 aliphatic heterocycles. The largest absolute Gasteiger partial charge is 0.496 e. The summed E-state index contributed by atoms with van der Waals surface area (Å²) < 4.78 is 7.65. The minimum Gasteiger partial charge on any atom is -0.496 e. The number of aromatic nitrogens is 2. The van der Waals surface area contributed by atoms with Crippen LogP contribution in [0.25, 0.3) is 10.6 Å². The number of aromatic carboxylic acids is 1. The van der Waals surface area contributed by atoms with Crippen molar-refractivity contribution in [2.75, 3.05) is 12.4 Å². The lowest BCUT2D eigenvalue weighted by Gasteiger charge is -2.07. The molecule has 0 bridgehead atoms. The number of methoxy groups -OCH3 is 1. The Balaban J connectivity index is 1.85. The van der Waals surface area contributed by atoms with Crippen LogP contribution in [0.2, 0.25) is 0 Å². The number of nitrogens with zero attached hydrogens (tertiary/aromatic N) is 2. The van der Waals surface area contributed by atoms with Gasteiger partial charge in [0.1, 0.15) is 11.3 Å². The van der Waals surface area contributed by atoms with Crippen LogP contribution < -0.4 is 10.1 Å². The number of benzene rings is 1. The Morgan fingerprint density at radius 3 is 2.69 bits per heavy atom. The van der Waals surface area contributed by atoms with E-state index in [4.69, 9.17) is 4.74 Å². The quantitative estimate of drug-likeness (QED) is 0.634. The first kappa shape index (κ1) is 18.2. The smallest absolute Gasteiger partial charge is 0.339 e. The lowest BCUT2D eigenvalue weighted by Crippen LogP contribution is -2.14. The number of ether oxygens (including phenoxy) is 1. The number of aryl methyl sites for hydroxylation is 1. The van der Waals surface area contributed by atoms with E-state index in [-0.39, 0.29) is 16.9 Å². The second-order valence-corrected chi connectivity index (χ2v) is 7.17. The van der Waals surface area contributed by atoms with Crippen LogP contribution in [0, 0.1) is 0 Å². The van der Waals surface area contributed by atoms with Gasteiger partial charge in [0.25, 0.3) is 5.91 Å². The molecule has 0 aliphatic carbocycles. The summed E-state index contributed by atoms with van der Waals surface area (Å²) in [5.41, 5.74) is 0.983. The fourth-order valence-corrected chi connectivity index (χ4v) is 3.89. The van der Waals surface area contributed by atoms with Gasteiger partial charge in [-0.2, -0.15) is 5.10 Å². The molecule has 1 aromatic carbocycles. The first-order valence-corrected chi connectivity index (χ1v) is 9.07. The van der Waals surface area contributed by atoms with Crippen LogP contribution in [0.5, 0.6) is 5.75 Å². The molecule has 9 heteroatoms. The highest BCUT2D eigenvalue weighted by atomic mass is 79.9. The zero-order valence-electron chi connectivity index (χ0n) is 13.8. The lowest BCUT2D eigenvalue weighted by molar-refractivity contribution is 0.0693. The highest BCUT2D eigenvalue weighted by molar-refractivity contribution is 9.10. The van der Waals surface area contributed by atoms with E-state index in [1.807, 2.05) is 11.4 Å². The SMILES string of the molecule is COc1ccc(C(=O)Nc2cc(-c3cc(Br)cs3)n(C)n2)cc1C(=O)O. The van der Waals surface area contributed by atoms with Gasteiger partial charge in [-0.3, -0.25) is 9.48 Å². The molecule has 2 N–H and O–H groups in total. The molecule has 1 amide bonds. The standard InChI is InChI=1S/C17H14BrN3O4S/c1-21-12(14-6-10(18)8-26-14)7-15(20-21)19-16(22)9-3-4-13(25-2)11(5-9)17(23)24/h3-8H,1-2H3,(H,23,24)(H,19,20,22). The van der Waals surface area contributed by atoms with Crippen LogP contribution in [0.1, 0.15) is 20.7 Å². The minimum atomic E-state index is -1.17. The van der Waals surface area contributed by atoms with E-state index in [1.54, 1.807) is 29.1 Å². The topological polar surface area (TPSA) is 93.5 Å². The van der Waals surface area contributed by atoms with E-state index < -0.39 is 11.9 Å². The van der Waals surface area contributed by atoms with E-state index in [1.165, 1.54) is 25.3 Å². The van der Waals surface area contributed by atoms with Gasteiger partial charge in [0.05, 0.1) is 17.7 Å². The Hall–Kier alpha value is -2.65. The molecule has 0 unspecified atom stereocenters. The van der Waals surface area contributed by atoms with Crippen molar-refractivity contribution in [3.8, 4) is 16.3 Å². The van der Waals surface area contributed by atoms with Crippen molar-refractivity contribution < 1.29 is 19.4 Å². The molecule has 0 radical (unpaired) electrons. The van der Waals surface area contributed by atoms with Crippen molar-refractivity contribution >= 4 is 45.0 Å². The maximum Gasteiger partial charge on any atom is 0.339 e. The summed E-state index contributed by atoms with van der Waals surface area (Å²) in [6, 6.07) is 7.96. The number of carbonyl (C=O) groups excluding carboxylic acids is 1. The van der Waals surface area contributed by atoms with Gasteiger partial charge in [-0.1, -0.05) is 0 Å². The predicted octanol–water partition coefficient (Wildman–Crippen LogP) is 3.87. The Morgan fingerprint density at radius 2 is 2.08 bits per heavy atom. The number of carbonyl (C=O) groups is 2. The summed E-state index contributed by atoms with van der Waals surface area (Å²) in [5.74, 6) is -1.05. The van der Waals surface area contributed by atoms with E-state index in [0.29, 0.717) is 5.82 Å². The molecular weight excluding hydrogens is 422 g/mol. The van der Waals surface area contributed by atoms with Crippen LogP contribution >= 0.6 is 27.3 Å². The zero-order valence-corrected chi connectivity index (χ0v) is 16.2. The Morgan fingerprint density at radius 1 is 1.31 bits per heavy atom. The average Bonchev–Trinajstić information content (AvgIpc) is 3.19. The highest BCUT2D eigenvalue weighted by Crippen LogP contribution is 2.31. The molecule has 2 heterocycles. The number of hydrogen-bond donors (Lipinski definition) is 2. The third-order valence-corrected chi connectivity index (χ3v) is 5.35. The summed E-state index contributed by atoms with van der Waals surface area (Å²) in [5, 5.41) is 18.2. The summed E-state index contributed by atoms with van der Waals surface area (Å²) in [7, 11) is 3.16. The van der Waals surface area contributed by atoms with Crippen LogP contribution in [0.4, 0.5) is 5.82 Å². The van der Waals surface area contributed by atoms with E-state index in [9.17, 15) is 14.7 Å². The van der Waals surface area contributed by atoms with Gasteiger partial charge in [0.15, 0.2) is 5.82 Å². The van der Waals surface area contributed by atoms with Gasteiger partial charge in [0, 0.05) is 28.5 Å². The second-order valence-electron chi connectivity index (χ2n) is 5.34. The number of carboxylic acids is 1. The van der Waals surface area contributed by atoms with Gasteiger partial charge in [-0.25, -0.2) is 4.79 Å². The van der Waals surface area contributed by atoms with Gasteiger partial charge in [-0.05, 0) is 40.2 Å².